The predicted molar refractivity (Wildman–Crippen MR) is 375 cm³/mol. The maximum atomic E-state index is 12.6. The van der Waals surface area contributed by atoms with Crippen molar-refractivity contribution in [1.29, 1.82) is 0 Å². The molecule has 0 saturated carbocycles. The van der Waals surface area contributed by atoms with Gasteiger partial charge >= 0.3 is 5.97 Å². The number of aliphatic hydroxyl groups is 2. The van der Waals surface area contributed by atoms with Crippen LogP contribution in [0.2, 0.25) is 0 Å². The third-order valence-corrected chi connectivity index (χ3v) is 18.8. The van der Waals surface area contributed by atoms with Crippen molar-refractivity contribution in [2.24, 2.45) is 0 Å². The Morgan fingerprint density at radius 3 is 0.835 bits per heavy atom. The highest BCUT2D eigenvalue weighted by molar-refractivity contribution is 5.76. The van der Waals surface area contributed by atoms with Crippen molar-refractivity contribution in [1.82, 2.24) is 5.32 Å². The number of hydrogen-bond acceptors (Lipinski definition) is 5. The Labute approximate surface area is 533 Å². The van der Waals surface area contributed by atoms with Crippen molar-refractivity contribution in [3.05, 3.63) is 12.2 Å². The Morgan fingerprint density at radius 1 is 0.318 bits per heavy atom. The Balaban J connectivity index is 3.37. The van der Waals surface area contributed by atoms with Crippen molar-refractivity contribution in [3.8, 4) is 0 Å². The normalized spacial score (nSPS) is 12.5. The second-order valence-corrected chi connectivity index (χ2v) is 27.4. The number of aliphatic hydroxyl groups excluding tert-OH is 2. The molecule has 85 heavy (non-hydrogen) atoms. The summed E-state index contributed by atoms with van der Waals surface area (Å²) >= 11 is 0. The van der Waals surface area contributed by atoms with Crippen LogP contribution in [-0.2, 0) is 14.3 Å². The van der Waals surface area contributed by atoms with E-state index >= 15 is 0 Å². The monoisotopic (exact) mass is 1200 g/mol. The molecule has 0 fully saturated rings. The van der Waals surface area contributed by atoms with Gasteiger partial charge in [0.15, 0.2) is 0 Å². The maximum absolute atomic E-state index is 12.6. The van der Waals surface area contributed by atoms with Crippen LogP contribution in [0, 0.1) is 0 Å². The third-order valence-electron chi connectivity index (χ3n) is 18.8. The fraction of sp³-hybridized carbons (Fsp3) is 0.949. The summed E-state index contributed by atoms with van der Waals surface area (Å²) < 4.78 is 5.51. The molecular weight excluding hydrogens is 1040 g/mol. The quantitative estimate of drug-likeness (QED) is 0.0320. The molecule has 0 radical (unpaired) electrons. The van der Waals surface area contributed by atoms with Gasteiger partial charge < -0.3 is 20.3 Å². The van der Waals surface area contributed by atoms with Gasteiger partial charge in [-0.15, -0.1) is 0 Å². The second-order valence-electron chi connectivity index (χ2n) is 27.4. The Kier molecular flexibility index (Phi) is 73.8. The zero-order valence-electron chi connectivity index (χ0n) is 58.1. The number of esters is 1. The molecule has 0 heterocycles. The molecule has 0 spiro atoms. The lowest BCUT2D eigenvalue weighted by Crippen LogP contribution is -2.45. The molecule has 506 valence electrons. The van der Waals surface area contributed by atoms with E-state index in [1.54, 1.807) is 0 Å². The van der Waals surface area contributed by atoms with Crippen LogP contribution in [0.1, 0.15) is 457 Å². The number of unbranched alkanes of at least 4 members (excludes halogenated alkanes) is 62. The summed E-state index contributed by atoms with van der Waals surface area (Å²) in [7, 11) is 0. The summed E-state index contributed by atoms with van der Waals surface area (Å²) in [6, 6.07) is -0.544. The molecule has 0 aromatic heterocycles. The van der Waals surface area contributed by atoms with Crippen LogP contribution >= 0.6 is 0 Å². The van der Waals surface area contributed by atoms with E-state index in [2.05, 4.69) is 31.3 Å². The van der Waals surface area contributed by atoms with Crippen LogP contribution in [0.15, 0.2) is 12.2 Å². The lowest BCUT2D eigenvalue weighted by atomic mass is 10.0. The number of amides is 1. The van der Waals surface area contributed by atoms with Gasteiger partial charge in [-0.3, -0.25) is 9.59 Å². The number of carbonyl (C=O) groups excluding carboxylic acids is 2. The van der Waals surface area contributed by atoms with E-state index in [0.717, 1.165) is 38.5 Å². The molecule has 1 amide bonds. The molecule has 0 aliphatic rings. The molecule has 2 atom stereocenters. The molecule has 0 aliphatic heterocycles. The van der Waals surface area contributed by atoms with Gasteiger partial charge in [0.2, 0.25) is 5.91 Å². The van der Waals surface area contributed by atoms with Crippen molar-refractivity contribution < 1.29 is 24.5 Å². The standard InChI is InChI=1S/C79H155NO5/c1-3-5-7-9-11-13-15-17-19-21-23-24-25-30-33-36-39-43-47-51-55-59-63-67-71-77(82)76(75-81)80-78(83)72-68-64-60-56-52-48-44-40-37-34-31-28-26-27-29-32-35-38-42-46-50-54-58-62-66-70-74-85-79(84)73-69-65-61-57-53-49-45-41-22-20-18-16-14-12-10-8-6-4-2/h26,28,76-77,81-82H,3-25,27,29-75H2,1-2H3,(H,80,83)/b28-26-. The molecule has 0 bridgehead atoms. The zero-order chi connectivity index (χ0) is 61.3. The minimum Gasteiger partial charge on any atom is -0.466 e. The summed E-state index contributed by atoms with van der Waals surface area (Å²) in [6.07, 6.45) is 94.4. The Morgan fingerprint density at radius 2 is 0.553 bits per heavy atom. The van der Waals surface area contributed by atoms with Crippen LogP contribution < -0.4 is 5.32 Å². The lowest BCUT2D eigenvalue weighted by Gasteiger charge is -2.22. The lowest BCUT2D eigenvalue weighted by molar-refractivity contribution is -0.143. The topological polar surface area (TPSA) is 95.9 Å². The van der Waals surface area contributed by atoms with Crippen molar-refractivity contribution in [3.63, 3.8) is 0 Å². The van der Waals surface area contributed by atoms with Crippen molar-refractivity contribution in [2.75, 3.05) is 13.2 Å². The number of rotatable bonds is 75. The minimum atomic E-state index is -0.667. The number of nitrogens with one attached hydrogen (secondary N) is 1. The number of ether oxygens (including phenoxy) is 1. The average molecular weight is 1200 g/mol. The van der Waals surface area contributed by atoms with Gasteiger partial charge in [0, 0.05) is 12.8 Å². The largest absolute Gasteiger partial charge is 0.466 e. The van der Waals surface area contributed by atoms with Gasteiger partial charge in [0.05, 0.1) is 25.4 Å². The molecule has 6 heteroatoms. The molecule has 0 aliphatic carbocycles. The predicted octanol–water partition coefficient (Wildman–Crippen LogP) is 25.9. The van der Waals surface area contributed by atoms with Gasteiger partial charge in [-0.25, -0.2) is 0 Å². The fourth-order valence-electron chi connectivity index (χ4n) is 12.8. The van der Waals surface area contributed by atoms with E-state index in [4.69, 9.17) is 4.74 Å². The molecule has 3 N–H and O–H groups in total. The van der Waals surface area contributed by atoms with Crippen LogP contribution in [0.3, 0.4) is 0 Å². The van der Waals surface area contributed by atoms with Gasteiger partial charge in [-0.1, -0.05) is 405 Å². The molecular formula is C79H155NO5. The summed E-state index contributed by atoms with van der Waals surface area (Å²) in [4.78, 5) is 24.7. The first-order valence-corrected chi connectivity index (χ1v) is 39.4. The summed E-state index contributed by atoms with van der Waals surface area (Å²) in [5, 5.41) is 23.5. The van der Waals surface area contributed by atoms with Gasteiger partial charge in [0.1, 0.15) is 0 Å². The van der Waals surface area contributed by atoms with Crippen LogP contribution in [0.4, 0.5) is 0 Å². The van der Waals surface area contributed by atoms with Gasteiger partial charge in [-0.2, -0.15) is 0 Å². The first kappa shape index (κ1) is 83.6. The number of hydrogen-bond donors (Lipinski definition) is 3. The number of carbonyl (C=O) groups is 2. The molecule has 0 saturated heterocycles. The van der Waals surface area contributed by atoms with E-state index in [-0.39, 0.29) is 18.5 Å². The highest BCUT2D eigenvalue weighted by Crippen LogP contribution is 2.20. The van der Waals surface area contributed by atoms with Crippen LogP contribution in [0.25, 0.3) is 0 Å². The first-order valence-electron chi connectivity index (χ1n) is 39.4. The van der Waals surface area contributed by atoms with E-state index in [1.165, 1.54) is 385 Å². The van der Waals surface area contributed by atoms with Gasteiger partial charge in [0.25, 0.3) is 0 Å². The van der Waals surface area contributed by atoms with Gasteiger partial charge in [-0.05, 0) is 51.4 Å². The van der Waals surface area contributed by atoms with Crippen LogP contribution in [-0.4, -0.2) is 47.4 Å². The summed E-state index contributed by atoms with van der Waals surface area (Å²) in [5.74, 6) is -0.0106. The SMILES string of the molecule is CCCCCCCCCCCCCCCCCCCCCCCCCCC(O)C(CO)NC(=O)CCCCCCCCCCCC/C=C\CCCCCCCCCCCCCCOC(=O)CCCCCCCCCCCCCCCCCCCC. The van der Waals surface area contributed by atoms with E-state index < -0.39 is 12.1 Å². The highest BCUT2D eigenvalue weighted by atomic mass is 16.5. The van der Waals surface area contributed by atoms with E-state index in [9.17, 15) is 19.8 Å². The van der Waals surface area contributed by atoms with E-state index in [0.29, 0.717) is 25.9 Å². The molecule has 0 aromatic rings. The second kappa shape index (κ2) is 75.1. The summed E-state index contributed by atoms with van der Waals surface area (Å²) in [6.45, 7) is 5.01. The third kappa shape index (κ3) is 71.6. The Bertz CT molecular complexity index is 1290. The number of allylic oxidation sites excluding steroid dienone is 2. The highest BCUT2D eigenvalue weighted by Gasteiger charge is 2.20. The maximum Gasteiger partial charge on any atom is 0.305 e. The smallest absolute Gasteiger partial charge is 0.305 e. The van der Waals surface area contributed by atoms with Crippen LogP contribution in [0.5, 0.6) is 0 Å². The molecule has 6 nitrogen and oxygen atoms in total. The summed E-state index contributed by atoms with van der Waals surface area (Å²) in [5.41, 5.74) is 0. The minimum absolute atomic E-state index is 0.0203. The molecule has 0 rings (SSSR count). The van der Waals surface area contributed by atoms with E-state index in [1.807, 2.05) is 0 Å². The molecule has 0 aromatic carbocycles. The first-order chi connectivity index (χ1) is 42.0. The van der Waals surface area contributed by atoms with Crippen molar-refractivity contribution in [2.45, 2.75) is 469 Å². The molecule has 2 unspecified atom stereocenters. The fourth-order valence-corrected chi connectivity index (χ4v) is 12.8. The zero-order valence-corrected chi connectivity index (χ0v) is 58.1. The average Bonchev–Trinajstić information content (AvgIpc) is 3.51. The van der Waals surface area contributed by atoms with Crippen molar-refractivity contribution >= 4 is 11.9 Å². The Hall–Kier alpha value is -1.40.